The first-order valence-corrected chi connectivity index (χ1v) is 13.4. The van der Waals surface area contributed by atoms with E-state index in [1.807, 2.05) is 18.2 Å². The molecule has 5 rings (SSSR count). The van der Waals surface area contributed by atoms with E-state index < -0.39 is 17.0 Å². The van der Waals surface area contributed by atoms with Crippen LogP contribution in [0.1, 0.15) is 85.5 Å². The van der Waals surface area contributed by atoms with Gasteiger partial charge in [-0.2, -0.15) is 0 Å². The Hall–Kier alpha value is -3.35. The molecule has 2 aliphatic rings. The van der Waals surface area contributed by atoms with Gasteiger partial charge in [-0.25, -0.2) is 18.7 Å². The van der Waals surface area contributed by atoms with Gasteiger partial charge in [0.2, 0.25) is 5.95 Å². The Labute approximate surface area is 217 Å². The Morgan fingerprint density at radius 3 is 2.46 bits per heavy atom. The van der Waals surface area contributed by atoms with Gasteiger partial charge in [0.15, 0.2) is 0 Å². The molecule has 0 radical (unpaired) electrons. The van der Waals surface area contributed by atoms with Crippen molar-refractivity contribution in [2.45, 2.75) is 76.3 Å². The number of nitrogens with one attached hydrogen (secondary N) is 2. The number of carbonyl (C=O) groups is 1. The van der Waals surface area contributed by atoms with Crippen molar-refractivity contribution in [3.63, 3.8) is 0 Å². The molecule has 194 valence electrons. The second-order valence-corrected chi connectivity index (χ2v) is 10.6. The largest absolute Gasteiger partial charge is 0.351 e. The maximum Gasteiger partial charge on any atom is 0.255 e. The van der Waals surface area contributed by atoms with Gasteiger partial charge in [-0.3, -0.25) is 4.79 Å². The Morgan fingerprint density at radius 2 is 1.76 bits per heavy atom. The predicted octanol–water partition coefficient (Wildman–Crippen LogP) is 6.54. The molecular weight excluding hydrogens is 470 g/mol. The highest BCUT2D eigenvalue weighted by Crippen LogP contribution is 2.47. The van der Waals surface area contributed by atoms with Gasteiger partial charge < -0.3 is 10.6 Å². The Kier molecular flexibility index (Phi) is 7.49. The van der Waals surface area contributed by atoms with E-state index in [4.69, 9.17) is 4.98 Å². The summed E-state index contributed by atoms with van der Waals surface area (Å²) in [5.41, 5.74) is 2.09. The molecule has 2 saturated carbocycles. The van der Waals surface area contributed by atoms with Crippen LogP contribution in [-0.2, 0) is 12.0 Å². The van der Waals surface area contributed by atoms with E-state index in [9.17, 15) is 13.6 Å². The molecule has 7 heteroatoms. The van der Waals surface area contributed by atoms with Crippen molar-refractivity contribution < 1.29 is 13.6 Å². The summed E-state index contributed by atoms with van der Waals surface area (Å²) < 4.78 is 27.5. The van der Waals surface area contributed by atoms with Crippen molar-refractivity contribution in [1.29, 1.82) is 0 Å². The molecule has 2 N–H and O–H groups in total. The Morgan fingerprint density at radius 1 is 1.03 bits per heavy atom. The van der Waals surface area contributed by atoms with Gasteiger partial charge in [-0.15, -0.1) is 0 Å². The number of benzene rings is 2. The molecule has 0 bridgehead atoms. The molecule has 0 saturated heterocycles. The normalized spacial score (nSPS) is 20.9. The first-order chi connectivity index (χ1) is 17.9. The van der Waals surface area contributed by atoms with E-state index in [-0.39, 0.29) is 18.0 Å². The minimum Gasteiger partial charge on any atom is -0.351 e. The summed E-state index contributed by atoms with van der Waals surface area (Å²) in [6, 6.07) is 13.9. The fraction of sp³-hybridized carbons (Fsp3) is 0.433. The molecular formula is C30H34F2N4O. The lowest BCUT2D eigenvalue weighted by molar-refractivity contribution is 0.0947. The van der Waals surface area contributed by atoms with Crippen molar-refractivity contribution >= 4 is 11.9 Å². The number of aromatic nitrogens is 2. The molecule has 0 atom stereocenters. The van der Waals surface area contributed by atoms with Crippen molar-refractivity contribution in [1.82, 2.24) is 15.3 Å². The van der Waals surface area contributed by atoms with Gasteiger partial charge in [0, 0.05) is 35.8 Å². The van der Waals surface area contributed by atoms with Crippen molar-refractivity contribution in [3.8, 4) is 0 Å². The van der Waals surface area contributed by atoms with Gasteiger partial charge in [-0.1, -0.05) is 56.2 Å². The maximum absolute atomic E-state index is 14.2. The van der Waals surface area contributed by atoms with Crippen LogP contribution in [0.25, 0.3) is 0 Å². The number of halogens is 2. The lowest BCUT2D eigenvalue weighted by atomic mass is 9.74. The summed E-state index contributed by atoms with van der Waals surface area (Å²) in [5.74, 6) is -0.400. The fourth-order valence-corrected chi connectivity index (χ4v) is 5.90. The molecule has 0 aliphatic heterocycles. The highest BCUT2D eigenvalue weighted by atomic mass is 19.1. The number of anilines is 1. The van der Waals surface area contributed by atoms with Gasteiger partial charge >= 0.3 is 0 Å². The van der Waals surface area contributed by atoms with Gasteiger partial charge in [-0.05, 0) is 56.1 Å². The van der Waals surface area contributed by atoms with Crippen LogP contribution in [0.4, 0.5) is 14.7 Å². The van der Waals surface area contributed by atoms with Crippen molar-refractivity contribution in [2.75, 3.05) is 5.32 Å². The number of hydrogen-bond donors (Lipinski definition) is 2. The molecule has 0 unspecified atom stereocenters. The van der Waals surface area contributed by atoms with E-state index in [2.05, 4.69) is 34.7 Å². The second kappa shape index (κ2) is 11.0. The minimum absolute atomic E-state index is 0.0526. The summed E-state index contributed by atoms with van der Waals surface area (Å²) in [7, 11) is 0. The molecule has 1 heterocycles. The summed E-state index contributed by atoms with van der Waals surface area (Å²) in [6.45, 7) is 2.24. The maximum atomic E-state index is 14.2. The third-order valence-corrected chi connectivity index (χ3v) is 8.07. The van der Waals surface area contributed by atoms with Crippen molar-refractivity contribution in [3.05, 3.63) is 88.7 Å². The number of rotatable bonds is 7. The lowest BCUT2D eigenvalue weighted by Crippen LogP contribution is -2.33. The third-order valence-electron chi connectivity index (χ3n) is 8.07. The quantitative estimate of drug-likeness (QED) is 0.384. The first kappa shape index (κ1) is 25.3. The average Bonchev–Trinajstić information content (AvgIpc) is 3.41. The number of carbonyl (C=O) groups excluding carboxylic acids is 1. The first-order valence-electron chi connectivity index (χ1n) is 13.4. The zero-order valence-electron chi connectivity index (χ0n) is 21.3. The zero-order valence-corrected chi connectivity index (χ0v) is 21.3. The molecule has 1 aromatic heterocycles. The number of amides is 1. The summed E-state index contributed by atoms with van der Waals surface area (Å²) in [5, 5.41) is 6.34. The van der Waals surface area contributed by atoms with Gasteiger partial charge in [0.05, 0.1) is 11.3 Å². The van der Waals surface area contributed by atoms with Gasteiger partial charge in [0.25, 0.3) is 5.91 Å². The average molecular weight is 505 g/mol. The summed E-state index contributed by atoms with van der Waals surface area (Å²) in [4.78, 5) is 23.0. The highest BCUT2D eigenvalue weighted by molar-refractivity contribution is 5.95. The molecule has 1 amide bonds. The second-order valence-electron chi connectivity index (χ2n) is 10.6. The predicted molar refractivity (Wildman–Crippen MR) is 140 cm³/mol. The monoisotopic (exact) mass is 504 g/mol. The van der Waals surface area contributed by atoms with E-state index in [1.165, 1.54) is 25.0 Å². The SMILES string of the molecule is CC1CCC(Nc2ncc(C(=O)NCc3ccc(F)cc3F)c(C3(c4ccccc4)CCCC3)n2)CC1. The molecule has 37 heavy (non-hydrogen) atoms. The number of nitrogens with zero attached hydrogens (tertiary/aromatic N) is 2. The van der Waals surface area contributed by atoms with Crippen LogP contribution in [0.3, 0.4) is 0 Å². The zero-order chi connectivity index (χ0) is 25.8. The molecule has 3 aromatic rings. The van der Waals surface area contributed by atoms with E-state index in [1.54, 1.807) is 6.20 Å². The van der Waals surface area contributed by atoms with Crippen LogP contribution in [-0.4, -0.2) is 21.9 Å². The lowest BCUT2D eigenvalue weighted by Gasteiger charge is -2.32. The summed E-state index contributed by atoms with van der Waals surface area (Å²) >= 11 is 0. The van der Waals surface area contributed by atoms with Crippen LogP contribution < -0.4 is 10.6 Å². The van der Waals surface area contributed by atoms with Gasteiger partial charge in [0.1, 0.15) is 11.6 Å². The number of hydrogen-bond acceptors (Lipinski definition) is 4. The highest BCUT2D eigenvalue weighted by Gasteiger charge is 2.42. The van der Waals surface area contributed by atoms with E-state index >= 15 is 0 Å². The fourth-order valence-electron chi connectivity index (χ4n) is 5.90. The smallest absolute Gasteiger partial charge is 0.255 e. The van der Waals surface area contributed by atoms with Crippen molar-refractivity contribution in [2.24, 2.45) is 5.92 Å². The van der Waals surface area contributed by atoms with Crippen LogP contribution in [0.15, 0.2) is 54.7 Å². The van der Waals surface area contributed by atoms with Crippen LogP contribution in [0, 0.1) is 17.6 Å². The Balaban J connectivity index is 1.48. The van der Waals surface area contributed by atoms with E-state index in [0.29, 0.717) is 17.6 Å². The standard InChI is InChI=1S/C30H34F2N4O/c1-20-9-13-24(14-10-20)35-29-34-19-25(28(37)33-18-21-11-12-23(31)17-26(21)32)27(36-29)30(15-5-6-16-30)22-7-3-2-4-8-22/h2-4,7-8,11-12,17,19-20,24H,5-6,9-10,13-16,18H2,1H3,(H,33,37)(H,34,35,36). The molecule has 2 fully saturated rings. The molecule has 0 spiro atoms. The van der Waals surface area contributed by atoms with Crippen LogP contribution >= 0.6 is 0 Å². The summed E-state index contributed by atoms with van der Waals surface area (Å²) in [6.07, 6.45) is 9.99. The molecule has 2 aliphatic carbocycles. The van der Waals surface area contributed by atoms with Crippen LogP contribution in [0.2, 0.25) is 0 Å². The minimum atomic E-state index is -0.685. The Bertz CT molecular complexity index is 1240. The van der Waals surface area contributed by atoms with E-state index in [0.717, 1.165) is 61.8 Å². The molecule has 2 aromatic carbocycles. The van der Waals surface area contributed by atoms with Crippen LogP contribution in [0.5, 0.6) is 0 Å². The molecule has 5 nitrogen and oxygen atoms in total. The third kappa shape index (κ3) is 5.50. The topological polar surface area (TPSA) is 66.9 Å².